The number of hydrogen-bond acceptors (Lipinski definition) is 8. The Labute approximate surface area is 204 Å². The molecule has 2 saturated heterocycles. The van der Waals surface area contributed by atoms with E-state index in [0.717, 1.165) is 5.56 Å². The van der Waals surface area contributed by atoms with E-state index in [1.54, 1.807) is 19.5 Å². The maximum Gasteiger partial charge on any atom is 0.305 e. The van der Waals surface area contributed by atoms with Crippen LogP contribution in [0.25, 0.3) is 0 Å². The first-order chi connectivity index (χ1) is 16.3. The Hall–Kier alpha value is -2.16. The van der Waals surface area contributed by atoms with Crippen LogP contribution in [0, 0.1) is 28.1 Å². The second-order valence-electron chi connectivity index (χ2n) is 12.3. The fourth-order valence-corrected chi connectivity index (χ4v) is 9.05. The van der Waals surface area contributed by atoms with Gasteiger partial charge in [0, 0.05) is 34.2 Å². The predicted molar refractivity (Wildman–Crippen MR) is 122 cm³/mol. The Morgan fingerprint density at radius 2 is 1.94 bits per heavy atom. The molecule has 1 aromatic heterocycles. The Morgan fingerprint density at radius 3 is 2.57 bits per heavy atom. The number of rotatable bonds is 3. The monoisotopic (exact) mass is 486 g/mol. The predicted octanol–water partition coefficient (Wildman–Crippen LogP) is 2.73. The third kappa shape index (κ3) is 2.35. The minimum Gasteiger partial charge on any atom is -0.491 e. The number of methoxy groups -OCH3 is 1. The number of ketones is 1. The third-order valence-electron chi connectivity index (χ3n) is 10.8. The van der Waals surface area contributed by atoms with Gasteiger partial charge in [-0.3, -0.25) is 9.59 Å². The largest absolute Gasteiger partial charge is 0.491 e. The molecule has 6 rings (SSSR count). The van der Waals surface area contributed by atoms with E-state index in [2.05, 4.69) is 0 Å². The second kappa shape index (κ2) is 6.58. The molecule has 8 heteroatoms. The number of carbonyl (C=O) groups is 2. The van der Waals surface area contributed by atoms with E-state index in [1.807, 2.05) is 33.8 Å². The average Bonchev–Trinajstić information content (AvgIpc) is 3.08. The summed E-state index contributed by atoms with van der Waals surface area (Å²) in [5.74, 6) is -1.37. The summed E-state index contributed by atoms with van der Waals surface area (Å²) in [4.78, 5) is 25.7. The van der Waals surface area contributed by atoms with E-state index >= 15 is 0 Å². The molecule has 0 bridgehead atoms. The number of esters is 1. The van der Waals surface area contributed by atoms with Gasteiger partial charge in [0.1, 0.15) is 29.2 Å². The van der Waals surface area contributed by atoms with Crippen molar-refractivity contribution >= 4 is 11.8 Å². The van der Waals surface area contributed by atoms with Gasteiger partial charge in [-0.2, -0.15) is 0 Å². The lowest BCUT2D eigenvalue weighted by atomic mass is 9.44. The zero-order chi connectivity index (χ0) is 25.3. The number of carbonyl (C=O) groups excluding carboxylic acids is 2. The molecule has 35 heavy (non-hydrogen) atoms. The fraction of sp³-hybridized carbons (Fsp3) is 0.704. The molecule has 0 aromatic carbocycles. The number of aliphatic hydroxyl groups excluding tert-OH is 1. The normalized spacial score (nSPS) is 50.9. The first-order valence-electron chi connectivity index (χ1n) is 12.4. The molecule has 0 radical (unpaired) electrons. The number of fused-ring (bicyclic) bond motifs is 3. The Kier molecular flexibility index (Phi) is 4.37. The molecule has 3 heterocycles. The van der Waals surface area contributed by atoms with E-state index in [1.165, 1.54) is 13.2 Å². The van der Waals surface area contributed by atoms with Gasteiger partial charge in [-0.15, -0.1) is 0 Å². The molecule has 5 aliphatic rings. The van der Waals surface area contributed by atoms with E-state index in [0.29, 0.717) is 12.2 Å². The minimum absolute atomic E-state index is 0.00592. The highest BCUT2D eigenvalue weighted by Gasteiger charge is 2.90. The van der Waals surface area contributed by atoms with Gasteiger partial charge in [0.25, 0.3) is 0 Å². The van der Waals surface area contributed by atoms with Crippen LogP contribution in [0.3, 0.4) is 0 Å². The number of hydrogen-bond donors (Lipinski definition) is 2. The van der Waals surface area contributed by atoms with Gasteiger partial charge in [-0.25, -0.2) is 0 Å². The van der Waals surface area contributed by atoms with Crippen molar-refractivity contribution in [1.82, 2.24) is 0 Å². The van der Waals surface area contributed by atoms with Crippen molar-refractivity contribution in [3.8, 4) is 0 Å². The second-order valence-corrected chi connectivity index (χ2v) is 12.3. The summed E-state index contributed by atoms with van der Waals surface area (Å²) >= 11 is 0. The molecule has 1 spiro atoms. The molecular formula is C27H34O8. The molecule has 10 atom stereocenters. The zero-order valence-electron chi connectivity index (χ0n) is 21.0. The molecule has 10 unspecified atom stereocenters. The van der Waals surface area contributed by atoms with Crippen LogP contribution in [0.15, 0.2) is 34.8 Å². The van der Waals surface area contributed by atoms with Crippen molar-refractivity contribution in [2.24, 2.45) is 28.1 Å². The Balaban J connectivity index is 1.52. The van der Waals surface area contributed by atoms with Crippen LogP contribution in [0.1, 0.15) is 58.9 Å². The van der Waals surface area contributed by atoms with Crippen LogP contribution in [0.4, 0.5) is 0 Å². The molecule has 0 amide bonds. The lowest BCUT2D eigenvalue weighted by Gasteiger charge is -2.59. The molecule has 2 N–H and O–H groups in total. The summed E-state index contributed by atoms with van der Waals surface area (Å²) in [6.07, 6.45) is 3.46. The van der Waals surface area contributed by atoms with Crippen molar-refractivity contribution in [2.45, 2.75) is 82.9 Å². The summed E-state index contributed by atoms with van der Waals surface area (Å²) in [6, 6.07) is 1.90. The standard InChI is InChI=1S/C27H34O8/c1-23(2)15(10-19(29)32-6)24(3)17(11-16(23)28)34-20-21(24)26(5,31)27-18(35-27)9-14(13-7-8-33-12-13)25(27,4)22(20)30/h7-8,11-12,14-15,18,20-22,30-31H,9-10H2,1-6H3. The van der Waals surface area contributed by atoms with Crippen molar-refractivity contribution in [2.75, 3.05) is 7.11 Å². The SMILES string of the molecule is COC(=O)CC1C(C)(C)C(=O)C=C2OC3C(C21C)C(C)(O)C12OC1CC(c1ccoc1)C2(C)C3O. The van der Waals surface area contributed by atoms with Gasteiger partial charge in [-0.05, 0) is 30.9 Å². The summed E-state index contributed by atoms with van der Waals surface area (Å²) in [7, 11) is 1.33. The number of allylic oxidation sites excluding steroid dienone is 2. The Morgan fingerprint density at radius 1 is 1.23 bits per heavy atom. The molecule has 8 nitrogen and oxygen atoms in total. The topological polar surface area (TPSA) is 119 Å². The van der Waals surface area contributed by atoms with Crippen LogP contribution >= 0.6 is 0 Å². The van der Waals surface area contributed by atoms with Crippen LogP contribution < -0.4 is 0 Å². The molecule has 1 aromatic rings. The molecule has 190 valence electrons. The lowest BCUT2D eigenvalue weighted by molar-refractivity contribution is -0.244. The van der Waals surface area contributed by atoms with Crippen molar-refractivity contribution in [3.63, 3.8) is 0 Å². The molecule has 3 aliphatic carbocycles. The van der Waals surface area contributed by atoms with Gasteiger partial charge in [0.2, 0.25) is 0 Å². The maximum absolute atomic E-state index is 13.2. The highest BCUT2D eigenvalue weighted by Crippen LogP contribution is 2.79. The van der Waals surface area contributed by atoms with Crippen LogP contribution in [-0.4, -0.2) is 58.6 Å². The zero-order valence-corrected chi connectivity index (χ0v) is 21.0. The van der Waals surface area contributed by atoms with E-state index in [-0.39, 0.29) is 24.2 Å². The van der Waals surface area contributed by atoms with Gasteiger partial charge in [-0.1, -0.05) is 27.7 Å². The smallest absolute Gasteiger partial charge is 0.305 e. The summed E-state index contributed by atoms with van der Waals surface area (Å²) < 4.78 is 23.1. The van der Waals surface area contributed by atoms with Crippen LogP contribution in [-0.2, 0) is 23.8 Å². The third-order valence-corrected chi connectivity index (χ3v) is 10.8. The number of ether oxygens (including phenoxy) is 3. The minimum atomic E-state index is -1.41. The van der Waals surface area contributed by atoms with Crippen molar-refractivity contribution < 1.29 is 38.4 Å². The van der Waals surface area contributed by atoms with Crippen LogP contribution in [0.5, 0.6) is 0 Å². The lowest BCUT2D eigenvalue weighted by Crippen LogP contribution is -2.73. The average molecular weight is 487 g/mol. The van der Waals surface area contributed by atoms with E-state index in [4.69, 9.17) is 18.6 Å². The van der Waals surface area contributed by atoms with Crippen molar-refractivity contribution in [1.29, 1.82) is 0 Å². The summed E-state index contributed by atoms with van der Waals surface area (Å²) in [5, 5.41) is 24.5. The molecular weight excluding hydrogens is 452 g/mol. The number of furan rings is 1. The maximum atomic E-state index is 13.2. The highest BCUT2D eigenvalue weighted by atomic mass is 16.6. The number of epoxide rings is 1. The van der Waals surface area contributed by atoms with E-state index in [9.17, 15) is 19.8 Å². The quantitative estimate of drug-likeness (QED) is 0.495. The fourth-order valence-electron chi connectivity index (χ4n) is 9.05. The summed E-state index contributed by atoms with van der Waals surface area (Å²) in [6.45, 7) is 9.35. The molecule has 2 saturated carbocycles. The van der Waals surface area contributed by atoms with Gasteiger partial charge < -0.3 is 28.8 Å². The van der Waals surface area contributed by atoms with Gasteiger partial charge in [0.05, 0.1) is 32.2 Å². The van der Waals surface area contributed by atoms with Gasteiger partial charge >= 0.3 is 5.97 Å². The Bertz CT molecular complexity index is 1130. The first kappa shape index (κ1) is 23.3. The summed E-state index contributed by atoms with van der Waals surface area (Å²) in [5.41, 5.74) is -4.11. The highest BCUT2D eigenvalue weighted by molar-refractivity contribution is 5.97. The van der Waals surface area contributed by atoms with Crippen LogP contribution in [0.2, 0.25) is 0 Å². The molecule has 4 fully saturated rings. The molecule has 2 aliphatic heterocycles. The number of aliphatic hydroxyl groups is 2. The van der Waals surface area contributed by atoms with E-state index < -0.39 is 57.5 Å². The van der Waals surface area contributed by atoms with Crippen molar-refractivity contribution in [3.05, 3.63) is 36.0 Å². The first-order valence-corrected chi connectivity index (χ1v) is 12.4. The van der Waals surface area contributed by atoms with Gasteiger partial charge in [0.15, 0.2) is 5.78 Å².